The molecule has 2 rings (SSSR count). The highest BCUT2D eigenvalue weighted by molar-refractivity contribution is 5.80. The fourth-order valence-electron chi connectivity index (χ4n) is 1.98. The van der Waals surface area contributed by atoms with Crippen molar-refractivity contribution in [2.75, 3.05) is 19.8 Å². The molecule has 0 spiro atoms. The SMILES string of the molecule is Cc1cc2c(cc1CCNC(=O)C(C)N)OCCO2. The van der Waals surface area contributed by atoms with E-state index in [2.05, 4.69) is 5.32 Å². The highest BCUT2D eigenvalue weighted by Crippen LogP contribution is 2.33. The second-order valence-corrected chi connectivity index (χ2v) is 4.75. The molecule has 0 bridgehead atoms. The Bertz CT molecular complexity index is 472. The summed E-state index contributed by atoms with van der Waals surface area (Å²) in [6.45, 7) is 5.44. The minimum absolute atomic E-state index is 0.129. The van der Waals surface area contributed by atoms with Gasteiger partial charge in [0.2, 0.25) is 5.91 Å². The molecule has 5 heteroatoms. The number of amides is 1. The van der Waals surface area contributed by atoms with Crippen LogP contribution in [-0.2, 0) is 11.2 Å². The van der Waals surface area contributed by atoms with Crippen LogP contribution in [0.1, 0.15) is 18.1 Å². The lowest BCUT2D eigenvalue weighted by molar-refractivity contribution is -0.121. The van der Waals surface area contributed by atoms with Crippen molar-refractivity contribution in [2.24, 2.45) is 5.73 Å². The molecule has 0 aliphatic carbocycles. The number of fused-ring (bicyclic) bond motifs is 1. The molecule has 1 aromatic rings. The van der Waals surface area contributed by atoms with Gasteiger partial charge in [-0.3, -0.25) is 4.79 Å². The van der Waals surface area contributed by atoms with Crippen LogP contribution in [-0.4, -0.2) is 31.7 Å². The van der Waals surface area contributed by atoms with Gasteiger partial charge >= 0.3 is 0 Å². The number of rotatable bonds is 4. The first-order valence-corrected chi connectivity index (χ1v) is 6.50. The molecule has 0 saturated carbocycles. The molecule has 0 saturated heterocycles. The Morgan fingerprint density at radius 1 is 1.37 bits per heavy atom. The first-order valence-electron chi connectivity index (χ1n) is 6.50. The minimum Gasteiger partial charge on any atom is -0.486 e. The van der Waals surface area contributed by atoms with E-state index in [1.165, 1.54) is 0 Å². The summed E-state index contributed by atoms with van der Waals surface area (Å²) in [6.07, 6.45) is 0.751. The highest BCUT2D eigenvalue weighted by atomic mass is 16.6. The van der Waals surface area contributed by atoms with Gasteiger partial charge in [-0.05, 0) is 43.5 Å². The molecular weight excluding hydrogens is 244 g/mol. The number of nitrogens with one attached hydrogen (secondary N) is 1. The molecule has 1 aliphatic heterocycles. The topological polar surface area (TPSA) is 73.6 Å². The van der Waals surface area contributed by atoms with Crippen molar-refractivity contribution in [3.63, 3.8) is 0 Å². The maximum absolute atomic E-state index is 11.4. The first-order chi connectivity index (χ1) is 9.08. The van der Waals surface area contributed by atoms with Crippen molar-refractivity contribution in [3.8, 4) is 11.5 Å². The summed E-state index contributed by atoms with van der Waals surface area (Å²) in [7, 11) is 0. The van der Waals surface area contributed by atoms with E-state index in [0.717, 1.165) is 29.0 Å². The van der Waals surface area contributed by atoms with Gasteiger partial charge in [0, 0.05) is 6.54 Å². The molecule has 1 aliphatic rings. The number of benzene rings is 1. The van der Waals surface area contributed by atoms with Crippen LogP contribution in [0, 0.1) is 6.92 Å². The van der Waals surface area contributed by atoms with E-state index >= 15 is 0 Å². The fraction of sp³-hybridized carbons (Fsp3) is 0.500. The zero-order valence-electron chi connectivity index (χ0n) is 11.4. The Morgan fingerprint density at radius 2 is 2.00 bits per heavy atom. The van der Waals surface area contributed by atoms with Gasteiger partial charge in [0.25, 0.3) is 0 Å². The third-order valence-electron chi connectivity index (χ3n) is 3.11. The highest BCUT2D eigenvalue weighted by Gasteiger charge is 2.14. The van der Waals surface area contributed by atoms with Gasteiger partial charge in [-0.25, -0.2) is 0 Å². The summed E-state index contributed by atoms with van der Waals surface area (Å²) < 4.78 is 11.1. The summed E-state index contributed by atoms with van der Waals surface area (Å²) in [4.78, 5) is 11.4. The third-order valence-corrected chi connectivity index (χ3v) is 3.11. The van der Waals surface area contributed by atoms with Crippen LogP contribution < -0.4 is 20.5 Å². The number of hydrogen-bond donors (Lipinski definition) is 2. The Balaban J connectivity index is 1.98. The number of carbonyl (C=O) groups is 1. The van der Waals surface area contributed by atoms with Gasteiger partial charge in [0.15, 0.2) is 11.5 Å². The molecule has 0 radical (unpaired) electrons. The van der Waals surface area contributed by atoms with Gasteiger partial charge in [-0.2, -0.15) is 0 Å². The molecule has 0 fully saturated rings. The molecule has 5 nitrogen and oxygen atoms in total. The maximum Gasteiger partial charge on any atom is 0.236 e. The molecule has 1 atom stereocenters. The smallest absolute Gasteiger partial charge is 0.236 e. The summed E-state index contributed by atoms with van der Waals surface area (Å²) in [5.74, 6) is 1.45. The standard InChI is InChI=1S/C14H20N2O3/c1-9-7-12-13(19-6-5-18-12)8-11(9)3-4-16-14(17)10(2)15/h7-8,10H,3-6,15H2,1-2H3,(H,16,17). The van der Waals surface area contributed by atoms with Crippen molar-refractivity contribution < 1.29 is 14.3 Å². The minimum atomic E-state index is -0.471. The average Bonchev–Trinajstić information content (AvgIpc) is 2.39. The lowest BCUT2D eigenvalue weighted by Gasteiger charge is -2.20. The molecular formula is C14H20N2O3. The van der Waals surface area contributed by atoms with Crippen LogP contribution in [0.15, 0.2) is 12.1 Å². The number of aryl methyl sites for hydroxylation is 1. The summed E-state index contributed by atoms with van der Waals surface area (Å²) >= 11 is 0. The lowest BCUT2D eigenvalue weighted by atomic mass is 10.0. The normalized spacial score (nSPS) is 14.9. The maximum atomic E-state index is 11.4. The van der Waals surface area contributed by atoms with E-state index in [0.29, 0.717) is 19.8 Å². The second-order valence-electron chi connectivity index (χ2n) is 4.75. The fourth-order valence-corrected chi connectivity index (χ4v) is 1.98. The molecule has 1 amide bonds. The quantitative estimate of drug-likeness (QED) is 0.842. The second kappa shape index (κ2) is 5.93. The predicted octanol–water partition coefficient (Wildman–Crippen LogP) is 0.772. The van der Waals surface area contributed by atoms with E-state index in [1.54, 1.807) is 6.92 Å². The van der Waals surface area contributed by atoms with Crippen LogP contribution in [0.2, 0.25) is 0 Å². The summed E-state index contributed by atoms with van der Waals surface area (Å²) in [5, 5.41) is 2.80. The molecule has 1 aromatic carbocycles. The predicted molar refractivity (Wildman–Crippen MR) is 72.5 cm³/mol. The van der Waals surface area contributed by atoms with E-state index in [9.17, 15) is 4.79 Å². The van der Waals surface area contributed by atoms with Crippen LogP contribution in [0.4, 0.5) is 0 Å². The van der Waals surface area contributed by atoms with Gasteiger partial charge in [-0.1, -0.05) is 0 Å². The molecule has 1 unspecified atom stereocenters. The Kier molecular flexibility index (Phi) is 4.27. The monoisotopic (exact) mass is 264 g/mol. The number of ether oxygens (including phenoxy) is 2. The van der Waals surface area contributed by atoms with E-state index in [-0.39, 0.29) is 5.91 Å². The van der Waals surface area contributed by atoms with Crippen molar-refractivity contribution >= 4 is 5.91 Å². The summed E-state index contributed by atoms with van der Waals surface area (Å²) in [6, 6.07) is 3.50. The Morgan fingerprint density at radius 3 is 2.63 bits per heavy atom. The van der Waals surface area contributed by atoms with Crippen LogP contribution in [0.3, 0.4) is 0 Å². The van der Waals surface area contributed by atoms with Crippen molar-refractivity contribution in [2.45, 2.75) is 26.3 Å². The lowest BCUT2D eigenvalue weighted by Crippen LogP contribution is -2.39. The largest absolute Gasteiger partial charge is 0.486 e. The number of nitrogens with two attached hydrogens (primary N) is 1. The molecule has 1 heterocycles. The van der Waals surface area contributed by atoms with Gasteiger partial charge in [0.05, 0.1) is 6.04 Å². The van der Waals surface area contributed by atoms with E-state index < -0.39 is 6.04 Å². The molecule has 19 heavy (non-hydrogen) atoms. The molecule has 3 N–H and O–H groups in total. The third kappa shape index (κ3) is 3.38. The van der Waals surface area contributed by atoms with E-state index in [1.807, 2.05) is 19.1 Å². The van der Waals surface area contributed by atoms with Gasteiger partial charge in [-0.15, -0.1) is 0 Å². The molecule has 0 aromatic heterocycles. The zero-order chi connectivity index (χ0) is 13.8. The zero-order valence-corrected chi connectivity index (χ0v) is 11.4. The Hall–Kier alpha value is -1.75. The van der Waals surface area contributed by atoms with Crippen LogP contribution in [0.25, 0.3) is 0 Å². The Labute approximate surface area is 113 Å². The first kappa shape index (κ1) is 13.7. The number of carbonyl (C=O) groups excluding carboxylic acids is 1. The van der Waals surface area contributed by atoms with Gasteiger partial charge in [0.1, 0.15) is 13.2 Å². The molecule has 104 valence electrons. The van der Waals surface area contributed by atoms with Crippen LogP contribution in [0.5, 0.6) is 11.5 Å². The summed E-state index contributed by atoms with van der Waals surface area (Å²) in [5.41, 5.74) is 7.77. The van der Waals surface area contributed by atoms with Crippen LogP contribution >= 0.6 is 0 Å². The van der Waals surface area contributed by atoms with Crippen molar-refractivity contribution in [3.05, 3.63) is 23.3 Å². The van der Waals surface area contributed by atoms with Crippen molar-refractivity contribution in [1.82, 2.24) is 5.32 Å². The van der Waals surface area contributed by atoms with Crippen molar-refractivity contribution in [1.29, 1.82) is 0 Å². The van der Waals surface area contributed by atoms with E-state index in [4.69, 9.17) is 15.2 Å². The number of hydrogen-bond acceptors (Lipinski definition) is 4. The van der Waals surface area contributed by atoms with Gasteiger partial charge < -0.3 is 20.5 Å². The average molecular weight is 264 g/mol.